The van der Waals surface area contributed by atoms with E-state index in [4.69, 9.17) is 19.5 Å². The molecule has 0 unspecified atom stereocenters. The molecule has 40 heavy (non-hydrogen) atoms. The second kappa shape index (κ2) is 9.90. The first-order chi connectivity index (χ1) is 19.7. The van der Waals surface area contributed by atoms with Crippen LogP contribution in [0.5, 0.6) is 0 Å². The van der Waals surface area contributed by atoms with Crippen molar-refractivity contribution in [3.8, 4) is 5.69 Å². The summed E-state index contributed by atoms with van der Waals surface area (Å²) in [5.74, 6) is 0.569. The third-order valence-electron chi connectivity index (χ3n) is 7.32. The van der Waals surface area contributed by atoms with E-state index in [0.29, 0.717) is 12.5 Å². The molecule has 1 aliphatic rings. The van der Waals surface area contributed by atoms with Crippen LogP contribution in [0.2, 0.25) is 0 Å². The molecule has 3 aromatic heterocycles. The summed E-state index contributed by atoms with van der Waals surface area (Å²) in [6.45, 7) is 2.51. The minimum absolute atomic E-state index is 0.485. The first-order valence-corrected chi connectivity index (χ1v) is 14.0. The Kier molecular flexibility index (Phi) is 6.07. The molecule has 0 radical (unpaired) electrons. The van der Waals surface area contributed by atoms with Crippen molar-refractivity contribution < 1.29 is 9.47 Å². The van der Waals surface area contributed by atoms with Crippen LogP contribution < -0.4 is 0 Å². The lowest BCUT2D eigenvalue weighted by molar-refractivity contribution is 0.138. The van der Waals surface area contributed by atoms with Crippen LogP contribution in [0.4, 0.5) is 5.69 Å². The van der Waals surface area contributed by atoms with Gasteiger partial charge in [-0.2, -0.15) is 0 Å². The van der Waals surface area contributed by atoms with Gasteiger partial charge < -0.3 is 14.0 Å². The monoisotopic (exact) mass is 541 g/mol. The number of ether oxygens (including phenoxy) is 2. The quantitative estimate of drug-likeness (QED) is 0.215. The third-order valence-corrected chi connectivity index (χ3v) is 8.38. The fourth-order valence-electron chi connectivity index (χ4n) is 5.68. The van der Waals surface area contributed by atoms with Gasteiger partial charge in [0.2, 0.25) is 5.90 Å². The standard InChI is InChI=1S/C34H27N3O2S/c1-23-21-24(22-38-2)29-30(37-19-11-12-20-37)31(40-33(29)35-23)32-36-28-18-10-9-17-27(28)34(39-32,25-13-5-3-6-14-25)26-15-7-4-8-16-26/h3-21H,22H2,1-2H3. The van der Waals surface area contributed by atoms with E-state index in [0.717, 1.165) is 54.4 Å². The van der Waals surface area contributed by atoms with E-state index in [9.17, 15) is 0 Å². The Hall–Kier alpha value is -4.52. The van der Waals surface area contributed by atoms with Crippen LogP contribution in [-0.4, -0.2) is 22.6 Å². The summed E-state index contributed by atoms with van der Waals surface area (Å²) < 4.78 is 15.0. The van der Waals surface area contributed by atoms with E-state index < -0.39 is 5.60 Å². The van der Waals surface area contributed by atoms with Gasteiger partial charge in [-0.15, -0.1) is 11.3 Å². The molecule has 5 nitrogen and oxygen atoms in total. The van der Waals surface area contributed by atoms with Gasteiger partial charge in [-0.25, -0.2) is 9.98 Å². The molecular formula is C34H27N3O2S. The summed E-state index contributed by atoms with van der Waals surface area (Å²) in [5, 5.41) is 1.05. The van der Waals surface area contributed by atoms with Crippen LogP contribution >= 0.6 is 11.3 Å². The van der Waals surface area contributed by atoms with Crippen LogP contribution in [-0.2, 0) is 21.7 Å². The van der Waals surface area contributed by atoms with Crippen LogP contribution in [0.15, 0.2) is 121 Å². The van der Waals surface area contributed by atoms with E-state index in [1.807, 2.05) is 37.3 Å². The molecule has 6 aromatic rings. The maximum Gasteiger partial charge on any atom is 0.235 e. The van der Waals surface area contributed by atoms with Gasteiger partial charge in [0.05, 0.1) is 18.0 Å². The van der Waals surface area contributed by atoms with E-state index in [-0.39, 0.29) is 0 Å². The molecule has 3 aromatic carbocycles. The maximum atomic E-state index is 7.25. The largest absolute Gasteiger partial charge is 0.455 e. The lowest BCUT2D eigenvalue weighted by Gasteiger charge is -2.39. The number of pyridine rings is 1. The molecule has 0 aliphatic carbocycles. The minimum atomic E-state index is -0.890. The Balaban J connectivity index is 1.55. The molecule has 1 aliphatic heterocycles. The number of fused-ring (bicyclic) bond motifs is 2. The molecule has 0 bridgehead atoms. The predicted octanol–water partition coefficient (Wildman–Crippen LogP) is 7.94. The topological polar surface area (TPSA) is 48.6 Å². The van der Waals surface area contributed by atoms with Crippen molar-refractivity contribution in [2.24, 2.45) is 4.99 Å². The van der Waals surface area contributed by atoms with Gasteiger partial charge in [0.15, 0.2) is 5.60 Å². The highest BCUT2D eigenvalue weighted by atomic mass is 32.1. The number of aliphatic imine (C=N–C) groups is 1. The fourth-order valence-corrected chi connectivity index (χ4v) is 6.87. The van der Waals surface area contributed by atoms with Gasteiger partial charge in [0, 0.05) is 47.3 Å². The highest BCUT2D eigenvalue weighted by Gasteiger charge is 2.45. The van der Waals surface area contributed by atoms with Gasteiger partial charge >= 0.3 is 0 Å². The number of hydrogen-bond donors (Lipinski definition) is 0. The molecule has 0 fully saturated rings. The van der Waals surface area contributed by atoms with Crippen LogP contribution in [0.3, 0.4) is 0 Å². The number of rotatable bonds is 6. The lowest BCUT2D eigenvalue weighted by Crippen LogP contribution is -2.37. The van der Waals surface area contributed by atoms with Gasteiger partial charge in [0.25, 0.3) is 0 Å². The van der Waals surface area contributed by atoms with Gasteiger partial charge in [-0.05, 0) is 36.8 Å². The van der Waals surface area contributed by atoms with Crippen molar-refractivity contribution >= 4 is 33.1 Å². The lowest BCUT2D eigenvalue weighted by atomic mass is 9.78. The fraction of sp³-hybridized carbons (Fsp3) is 0.118. The minimum Gasteiger partial charge on any atom is -0.455 e. The van der Waals surface area contributed by atoms with Gasteiger partial charge in [-0.3, -0.25) is 0 Å². The summed E-state index contributed by atoms with van der Waals surface area (Å²) in [6.07, 6.45) is 4.11. The average molecular weight is 542 g/mol. The average Bonchev–Trinajstić information content (AvgIpc) is 3.66. The molecule has 0 spiro atoms. The predicted molar refractivity (Wildman–Crippen MR) is 161 cm³/mol. The van der Waals surface area contributed by atoms with Crippen molar-refractivity contribution in [2.75, 3.05) is 7.11 Å². The number of para-hydroxylation sites is 1. The van der Waals surface area contributed by atoms with Crippen molar-refractivity contribution in [1.82, 2.24) is 9.55 Å². The molecule has 6 heteroatoms. The summed E-state index contributed by atoms with van der Waals surface area (Å²) >= 11 is 1.61. The molecule has 0 saturated heterocycles. The molecule has 0 N–H and O–H groups in total. The molecule has 0 saturated carbocycles. The molecule has 196 valence electrons. The second-order valence-corrected chi connectivity index (χ2v) is 10.9. The van der Waals surface area contributed by atoms with E-state index in [1.54, 1.807) is 18.4 Å². The van der Waals surface area contributed by atoms with E-state index in [2.05, 4.69) is 89.8 Å². The van der Waals surface area contributed by atoms with Crippen LogP contribution in [0.25, 0.3) is 15.9 Å². The van der Waals surface area contributed by atoms with Gasteiger partial charge in [-0.1, -0.05) is 78.9 Å². The van der Waals surface area contributed by atoms with Gasteiger partial charge in [0.1, 0.15) is 9.71 Å². The highest BCUT2D eigenvalue weighted by Crippen LogP contribution is 2.49. The van der Waals surface area contributed by atoms with E-state index >= 15 is 0 Å². The summed E-state index contributed by atoms with van der Waals surface area (Å²) in [7, 11) is 1.73. The molecule has 0 atom stereocenters. The third kappa shape index (κ3) is 3.87. The Morgan fingerprint density at radius 1 is 0.850 bits per heavy atom. The first-order valence-electron chi connectivity index (χ1n) is 13.2. The number of methoxy groups -OCH3 is 1. The number of thiophene rings is 1. The van der Waals surface area contributed by atoms with Crippen molar-refractivity contribution in [1.29, 1.82) is 0 Å². The zero-order chi connectivity index (χ0) is 27.1. The normalized spacial score (nSPS) is 14.0. The van der Waals surface area contributed by atoms with Crippen LogP contribution in [0.1, 0.15) is 32.8 Å². The van der Waals surface area contributed by atoms with Crippen LogP contribution in [0, 0.1) is 6.92 Å². The maximum absolute atomic E-state index is 7.25. The SMILES string of the molecule is COCc1cc(C)nc2sc(C3=Nc4ccccc4C(c4ccccc4)(c4ccccc4)O3)c(-n3cccc3)c12. The summed E-state index contributed by atoms with van der Waals surface area (Å²) in [4.78, 5) is 12.0. The molecular weight excluding hydrogens is 514 g/mol. The second-order valence-electron chi connectivity index (χ2n) is 9.86. The zero-order valence-corrected chi connectivity index (χ0v) is 23.1. The Bertz CT molecular complexity index is 1800. The first kappa shape index (κ1) is 24.5. The summed E-state index contributed by atoms with van der Waals surface area (Å²) in [5.41, 5.74) is 6.12. The van der Waals surface area contributed by atoms with Crippen molar-refractivity contribution in [2.45, 2.75) is 19.1 Å². The molecule has 7 rings (SSSR count). The molecule has 0 amide bonds. The summed E-state index contributed by atoms with van der Waals surface area (Å²) in [6, 6.07) is 35.3. The number of hydrogen-bond acceptors (Lipinski definition) is 5. The zero-order valence-electron chi connectivity index (χ0n) is 22.2. The Labute approximate surface area is 237 Å². The Morgan fingerprint density at radius 3 is 2.17 bits per heavy atom. The number of aromatic nitrogens is 2. The number of aryl methyl sites for hydroxylation is 1. The highest BCUT2D eigenvalue weighted by molar-refractivity contribution is 7.21. The van der Waals surface area contributed by atoms with E-state index in [1.165, 1.54) is 0 Å². The number of benzene rings is 3. The van der Waals surface area contributed by atoms with Crippen molar-refractivity contribution in [3.63, 3.8) is 0 Å². The number of nitrogens with zero attached hydrogens (tertiary/aromatic N) is 3. The van der Waals surface area contributed by atoms with Crippen molar-refractivity contribution in [3.05, 3.63) is 148 Å². The smallest absolute Gasteiger partial charge is 0.235 e. The Morgan fingerprint density at radius 2 is 1.50 bits per heavy atom. The molecule has 4 heterocycles.